The van der Waals surface area contributed by atoms with E-state index in [1.165, 1.54) is 11.8 Å². The molecular weight excluding hydrogens is 316 g/mol. The fourth-order valence-electron chi connectivity index (χ4n) is 3.72. The molecule has 1 saturated carbocycles. The largest absolute Gasteiger partial charge is 0.351 e. The van der Waals surface area contributed by atoms with Gasteiger partial charge in [0.1, 0.15) is 0 Å². The predicted octanol–water partition coefficient (Wildman–Crippen LogP) is 1.66. The third-order valence-electron chi connectivity index (χ3n) is 5.11. The smallest absolute Gasteiger partial charge is 0.290 e. The van der Waals surface area contributed by atoms with Crippen molar-refractivity contribution < 1.29 is 4.79 Å². The number of aromatic nitrogens is 2. The van der Waals surface area contributed by atoms with Crippen LogP contribution in [0.25, 0.3) is 0 Å². The zero-order chi connectivity index (χ0) is 17.2. The molecule has 1 aliphatic carbocycles. The van der Waals surface area contributed by atoms with Gasteiger partial charge in [-0.2, -0.15) is 0 Å². The summed E-state index contributed by atoms with van der Waals surface area (Å²) in [5, 5.41) is 3.18. The first kappa shape index (κ1) is 15.9. The summed E-state index contributed by atoms with van der Waals surface area (Å²) >= 11 is 0. The summed E-state index contributed by atoms with van der Waals surface area (Å²) in [6, 6.07) is 10.3. The van der Waals surface area contributed by atoms with Crippen molar-refractivity contribution in [3.05, 3.63) is 58.6 Å². The Morgan fingerprint density at radius 3 is 2.92 bits per heavy atom. The zero-order valence-electron chi connectivity index (χ0n) is 14.0. The fraction of sp³-hybridized carbons (Fsp3) is 0.421. The molecule has 25 heavy (non-hydrogen) atoms. The summed E-state index contributed by atoms with van der Waals surface area (Å²) < 4.78 is 0. The number of H-pyrrole nitrogens is 1. The van der Waals surface area contributed by atoms with Crippen molar-refractivity contribution in [2.75, 3.05) is 18.0 Å². The summed E-state index contributed by atoms with van der Waals surface area (Å²) in [6.07, 6.45) is 5.93. The molecule has 0 spiro atoms. The number of hydrogen-bond donors (Lipinski definition) is 2. The lowest BCUT2D eigenvalue weighted by Gasteiger charge is -2.33. The van der Waals surface area contributed by atoms with Crippen LogP contribution in [0, 0.1) is 5.92 Å². The monoisotopic (exact) mass is 338 g/mol. The maximum absolute atomic E-state index is 12.6. The van der Waals surface area contributed by atoms with Crippen molar-refractivity contribution >= 4 is 11.7 Å². The third-order valence-corrected chi connectivity index (χ3v) is 5.11. The van der Waals surface area contributed by atoms with Crippen LogP contribution in [-0.2, 0) is 4.79 Å². The Bertz CT molecular complexity index is 804. The SMILES string of the molecule is O=C(N[C@@H]1CCCN(c2ncc[nH]c2=O)C1)[C@@H]1C[C@H]1c1ccccc1. The highest BCUT2D eigenvalue weighted by Crippen LogP contribution is 2.47. The van der Waals surface area contributed by atoms with Crippen molar-refractivity contribution in [1.29, 1.82) is 0 Å². The lowest BCUT2D eigenvalue weighted by atomic mass is 10.0. The van der Waals surface area contributed by atoms with Crippen LogP contribution in [0.3, 0.4) is 0 Å². The van der Waals surface area contributed by atoms with Gasteiger partial charge in [0.15, 0.2) is 5.82 Å². The molecule has 3 atom stereocenters. The summed E-state index contributed by atoms with van der Waals surface area (Å²) in [7, 11) is 0. The Morgan fingerprint density at radius 2 is 2.12 bits per heavy atom. The molecule has 1 amide bonds. The Hall–Kier alpha value is -2.63. The molecule has 6 nitrogen and oxygen atoms in total. The fourth-order valence-corrected chi connectivity index (χ4v) is 3.72. The molecule has 2 fully saturated rings. The van der Waals surface area contributed by atoms with Crippen molar-refractivity contribution in [2.45, 2.75) is 31.2 Å². The minimum atomic E-state index is -0.180. The first-order valence-corrected chi connectivity index (χ1v) is 8.86. The van der Waals surface area contributed by atoms with Gasteiger partial charge < -0.3 is 15.2 Å². The molecule has 0 unspecified atom stereocenters. The van der Waals surface area contributed by atoms with Gasteiger partial charge >= 0.3 is 0 Å². The molecule has 6 heteroatoms. The van der Waals surface area contributed by atoms with E-state index in [4.69, 9.17) is 0 Å². The first-order valence-electron chi connectivity index (χ1n) is 8.86. The van der Waals surface area contributed by atoms with E-state index in [1.54, 1.807) is 6.20 Å². The second-order valence-electron chi connectivity index (χ2n) is 6.90. The predicted molar refractivity (Wildman–Crippen MR) is 95.5 cm³/mol. The van der Waals surface area contributed by atoms with Gasteiger partial charge in [0, 0.05) is 37.4 Å². The number of rotatable bonds is 4. The summed E-state index contributed by atoms with van der Waals surface area (Å²) in [5.74, 6) is 1.00. The van der Waals surface area contributed by atoms with E-state index in [-0.39, 0.29) is 23.4 Å². The third kappa shape index (κ3) is 3.43. The average Bonchev–Trinajstić information content (AvgIpc) is 3.44. The van der Waals surface area contributed by atoms with Crippen LogP contribution in [-0.4, -0.2) is 35.0 Å². The van der Waals surface area contributed by atoms with Crippen LogP contribution in [0.2, 0.25) is 0 Å². The number of hydrogen-bond acceptors (Lipinski definition) is 4. The van der Waals surface area contributed by atoms with Gasteiger partial charge in [-0.15, -0.1) is 0 Å². The molecule has 2 aliphatic rings. The van der Waals surface area contributed by atoms with Crippen molar-refractivity contribution in [3.8, 4) is 0 Å². The Kier molecular flexibility index (Phi) is 4.26. The van der Waals surface area contributed by atoms with Crippen LogP contribution in [0.4, 0.5) is 5.82 Å². The highest BCUT2D eigenvalue weighted by Gasteiger charge is 2.44. The van der Waals surface area contributed by atoms with Crippen LogP contribution in [0.15, 0.2) is 47.5 Å². The highest BCUT2D eigenvalue weighted by atomic mass is 16.2. The van der Waals surface area contributed by atoms with Crippen molar-refractivity contribution in [3.63, 3.8) is 0 Å². The topological polar surface area (TPSA) is 78.1 Å². The molecule has 1 aliphatic heterocycles. The number of benzene rings is 1. The summed E-state index contributed by atoms with van der Waals surface area (Å²) in [5.41, 5.74) is 1.06. The number of carbonyl (C=O) groups excluding carboxylic acids is 1. The van der Waals surface area contributed by atoms with Gasteiger partial charge in [0.25, 0.3) is 5.56 Å². The molecule has 130 valence electrons. The Morgan fingerprint density at radius 1 is 1.28 bits per heavy atom. The Balaban J connectivity index is 1.36. The van der Waals surface area contributed by atoms with Crippen LogP contribution < -0.4 is 15.8 Å². The van der Waals surface area contributed by atoms with Gasteiger partial charge in [-0.1, -0.05) is 30.3 Å². The minimum absolute atomic E-state index is 0.0691. The second-order valence-corrected chi connectivity index (χ2v) is 6.90. The number of anilines is 1. The van der Waals surface area contributed by atoms with E-state index < -0.39 is 0 Å². The average molecular weight is 338 g/mol. The highest BCUT2D eigenvalue weighted by molar-refractivity contribution is 5.83. The first-order chi connectivity index (χ1) is 12.2. The van der Waals surface area contributed by atoms with E-state index in [0.29, 0.717) is 18.3 Å². The maximum atomic E-state index is 12.6. The number of piperidine rings is 1. The molecule has 0 bridgehead atoms. The van der Waals surface area contributed by atoms with Gasteiger partial charge in [-0.3, -0.25) is 9.59 Å². The lowest BCUT2D eigenvalue weighted by Crippen LogP contribution is -2.49. The van der Waals surface area contributed by atoms with E-state index in [2.05, 4.69) is 27.4 Å². The molecule has 1 saturated heterocycles. The van der Waals surface area contributed by atoms with Crippen molar-refractivity contribution in [1.82, 2.24) is 15.3 Å². The molecule has 2 aromatic rings. The molecule has 4 rings (SSSR count). The van der Waals surface area contributed by atoms with E-state index in [1.807, 2.05) is 23.1 Å². The number of amides is 1. The minimum Gasteiger partial charge on any atom is -0.351 e. The van der Waals surface area contributed by atoms with Gasteiger partial charge in [0.2, 0.25) is 5.91 Å². The lowest BCUT2D eigenvalue weighted by molar-refractivity contribution is -0.123. The number of carbonyl (C=O) groups is 1. The van der Waals surface area contributed by atoms with Gasteiger partial charge in [-0.25, -0.2) is 4.98 Å². The number of aromatic amines is 1. The normalized spacial score (nSPS) is 25.4. The van der Waals surface area contributed by atoms with Crippen LogP contribution in [0.1, 0.15) is 30.7 Å². The number of nitrogens with one attached hydrogen (secondary N) is 2. The van der Waals surface area contributed by atoms with E-state index in [9.17, 15) is 9.59 Å². The van der Waals surface area contributed by atoms with Crippen LogP contribution in [0.5, 0.6) is 0 Å². The van der Waals surface area contributed by atoms with E-state index in [0.717, 1.165) is 25.8 Å². The molecule has 1 aromatic heterocycles. The summed E-state index contributed by atoms with van der Waals surface area (Å²) in [6.45, 7) is 1.43. The molecule has 1 aromatic carbocycles. The van der Waals surface area contributed by atoms with Crippen molar-refractivity contribution in [2.24, 2.45) is 5.92 Å². The molecule has 0 radical (unpaired) electrons. The number of nitrogens with zero attached hydrogens (tertiary/aromatic N) is 2. The second kappa shape index (κ2) is 6.70. The molecule has 2 heterocycles. The maximum Gasteiger partial charge on any atom is 0.290 e. The Labute approximate surface area is 146 Å². The standard InChI is InChI=1S/C19H22N4O2/c24-18(16-11-15(16)13-5-2-1-3-6-13)22-14-7-4-10-23(12-14)17-19(25)21-9-8-20-17/h1-3,5-6,8-9,14-16H,4,7,10-12H2,(H,21,25)(H,22,24)/t14-,15+,16-/m1/s1. The zero-order valence-corrected chi connectivity index (χ0v) is 14.0. The summed E-state index contributed by atoms with van der Waals surface area (Å²) in [4.78, 5) is 33.3. The molecule has 2 N–H and O–H groups in total. The quantitative estimate of drug-likeness (QED) is 0.889. The molecular formula is C19H22N4O2. The van der Waals surface area contributed by atoms with Crippen LogP contribution >= 0.6 is 0 Å². The van der Waals surface area contributed by atoms with E-state index >= 15 is 0 Å². The van der Waals surface area contributed by atoms with Gasteiger partial charge in [0.05, 0.1) is 0 Å². The van der Waals surface area contributed by atoms with Gasteiger partial charge in [-0.05, 0) is 30.7 Å².